The van der Waals surface area contributed by atoms with Gasteiger partial charge in [-0.2, -0.15) is 0 Å². The Labute approximate surface area is 119 Å². The van der Waals surface area contributed by atoms with Crippen LogP contribution in [-0.2, 0) is 9.53 Å². The second kappa shape index (κ2) is 6.89. The summed E-state index contributed by atoms with van der Waals surface area (Å²) < 4.78 is 5.04. The topological polar surface area (TPSA) is 42.4 Å². The molecular formula is C16H20N2O2. The van der Waals surface area contributed by atoms with Crippen molar-refractivity contribution in [1.82, 2.24) is 4.98 Å². The third-order valence-electron chi connectivity index (χ3n) is 3.07. The van der Waals surface area contributed by atoms with E-state index in [-0.39, 0.29) is 12.5 Å². The van der Waals surface area contributed by atoms with Crippen molar-refractivity contribution < 1.29 is 9.53 Å². The van der Waals surface area contributed by atoms with Crippen molar-refractivity contribution in [2.75, 3.05) is 24.6 Å². The number of rotatable bonds is 6. The van der Waals surface area contributed by atoms with Crippen molar-refractivity contribution in [2.45, 2.75) is 20.3 Å². The fourth-order valence-electron chi connectivity index (χ4n) is 2.25. The summed E-state index contributed by atoms with van der Waals surface area (Å²) >= 11 is 0. The third-order valence-corrected chi connectivity index (χ3v) is 3.07. The van der Waals surface area contributed by atoms with Gasteiger partial charge in [-0.15, -0.1) is 0 Å². The van der Waals surface area contributed by atoms with E-state index in [2.05, 4.69) is 18.0 Å². The van der Waals surface area contributed by atoms with Crippen molar-refractivity contribution >= 4 is 22.6 Å². The zero-order valence-electron chi connectivity index (χ0n) is 12.0. The molecule has 1 aromatic heterocycles. The number of esters is 1. The summed E-state index contributed by atoms with van der Waals surface area (Å²) in [5.74, 6) is 0.633. The molecule has 0 radical (unpaired) electrons. The first-order valence-electron chi connectivity index (χ1n) is 7.00. The van der Waals surface area contributed by atoms with Crippen LogP contribution in [0.3, 0.4) is 0 Å². The SMILES string of the molecule is CCCN(CC(=O)OCC)c1nccc2ccccc12. The molecule has 0 bridgehead atoms. The molecule has 0 spiro atoms. The Kier molecular flexibility index (Phi) is 4.93. The van der Waals surface area contributed by atoms with Gasteiger partial charge >= 0.3 is 5.97 Å². The van der Waals surface area contributed by atoms with Gasteiger partial charge in [0.15, 0.2) is 0 Å². The van der Waals surface area contributed by atoms with Gasteiger partial charge in [-0.3, -0.25) is 4.79 Å². The minimum atomic E-state index is -0.212. The molecule has 20 heavy (non-hydrogen) atoms. The summed E-state index contributed by atoms with van der Waals surface area (Å²) in [5.41, 5.74) is 0. The highest BCUT2D eigenvalue weighted by atomic mass is 16.5. The van der Waals surface area contributed by atoms with Crippen LogP contribution in [0.25, 0.3) is 10.8 Å². The monoisotopic (exact) mass is 272 g/mol. The lowest BCUT2D eigenvalue weighted by atomic mass is 10.1. The molecule has 4 heteroatoms. The largest absolute Gasteiger partial charge is 0.465 e. The van der Waals surface area contributed by atoms with E-state index in [1.807, 2.05) is 36.1 Å². The van der Waals surface area contributed by atoms with Gasteiger partial charge in [-0.1, -0.05) is 31.2 Å². The molecule has 0 amide bonds. The number of fused-ring (bicyclic) bond motifs is 1. The second-order valence-electron chi connectivity index (χ2n) is 4.58. The molecule has 0 N–H and O–H groups in total. The number of carbonyl (C=O) groups is 1. The highest BCUT2D eigenvalue weighted by Crippen LogP contribution is 2.24. The summed E-state index contributed by atoms with van der Waals surface area (Å²) in [6, 6.07) is 10.1. The lowest BCUT2D eigenvalue weighted by molar-refractivity contribution is -0.141. The van der Waals surface area contributed by atoms with Crippen molar-refractivity contribution in [3.8, 4) is 0 Å². The van der Waals surface area contributed by atoms with E-state index in [0.717, 1.165) is 29.6 Å². The first kappa shape index (κ1) is 14.3. The summed E-state index contributed by atoms with van der Waals surface area (Å²) in [4.78, 5) is 18.2. The van der Waals surface area contributed by atoms with Crippen molar-refractivity contribution in [1.29, 1.82) is 0 Å². The fraction of sp³-hybridized carbons (Fsp3) is 0.375. The van der Waals surface area contributed by atoms with Gasteiger partial charge in [-0.05, 0) is 24.8 Å². The molecule has 0 aliphatic carbocycles. The van der Waals surface area contributed by atoms with Crippen LogP contribution in [0, 0.1) is 0 Å². The van der Waals surface area contributed by atoms with E-state index < -0.39 is 0 Å². The van der Waals surface area contributed by atoms with E-state index in [0.29, 0.717) is 6.61 Å². The number of anilines is 1. The van der Waals surface area contributed by atoms with Crippen LogP contribution < -0.4 is 4.90 Å². The molecule has 1 heterocycles. The maximum Gasteiger partial charge on any atom is 0.325 e. The van der Waals surface area contributed by atoms with Crippen LogP contribution in [-0.4, -0.2) is 30.6 Å². The zero-order chi connectivity index (χ0) is 14.4. The predicted molar refractivity (Wildman–Crippen MR) is 80.9 cm³/mol. The van der Waals surface area contributed by atoms with Crippen LogP contribution in [0.2, 0.25) is 0 Å². The summed E-state index contributed by atoms with van der Waals surface area (Å²) in [7, 11) is 0. The number of hydrogen-bond donors (Lipinski definition) is 0. The van der Waals surface area contributed by atoms with Crippen LogP contribution in [0.1, 0.15) is 20.3 Å². The number of benzene rings is 1. The van der Waals surface area contributed by atoms with Gasteiger partial charge in [0, 0.05) is 18.1 Å². The maximum atomic E-state index is 11.7. The Hall–Kier alpha value is -2.10. The highest BCUT2D eigenvalue weighted by Gasteiger charge is 2.15. The molecule has 0 unspecified atom stereocenters. The van der Waals surface area contributed by atoms with Crippen molar-refractivity contribution in [3.05, 3.63) is 36.5 Å². The van der Waals surface area contributed by atoms with Crippen molar-refractivity contribution in [2.24, 2.45) is 0 Å². The number of nitrogens with zero attached hydrogens (tertiary/aromatic N) is 2. The summed E-state index contributed by atoms with van der Waals surface area (Å²) in [6.45, 7) is 5.33. The third kappa shape index (κ3) is 3.26. The maximum absolute atomic E-state index is 11.7. The van der Waals surface area contributed by atoms with Gasteiger partial charge in [0.1, 0.15) is 12.4 Å². The van der Waals surface area contributed by atoms with Gasteiger partial charge in [0.25, 0.3) is 0 Å². The van der Waals surface area contributed by atoms with Crippen molar-refractivity contribution in [3.63, 3.8) is 0 Å². The molecule has 0 saturated heterocycles. The van der Waals surface area contributed by atoms with E-state index in [1.54, 1.807) is 6.20 Å². The average molecular weight is 272 g/mol. The molecule has 0 saturated carbocycles. The lowest BCUT2D eigenvalue weighted by Crippen LogP contribution is -2.32. The fourth-order valence-corrected chi connectivity index (χ4v) is 2.25. The summed E-state index contributed by atoms with van der Waals surface area (Å²) in [6.07, 6.45) is 2.73. The van der Waals surface area contributed by atoms with Crippen LogP contribution in [0.4, 0.5) is 5.82 Å². The molecule has 4 nitrogen and oxygen atoms in total. The molecular weight excluding hydrogens is 252 g/mol. The lowest BCUT2D eigenvalue weighted by Gasteiger charge is -2.23. The Morgan fingerprint density at radius 1 is 1.25 bits per heavy atom. The van der Waals surface area contributed by atoms with E-state index in [4.69, 9.17) is 4.74 Å². The smallest absolute Gasteiger partial charge is 0.325 e. The first-order valence-corrected chi connectivity index (χ1v) is 7.00. The van der Waals surface area contributed by atoms with Gasteiger partial charge in [0.2, 0.25) is 0 Å². The molecule has 2 rings (SSSR count). The Morgan fingerprint density at radius 2 is 2.05 bits per heavy atom. The Bertz CT molecular complexity index is 578. The van der Waals surface area contributed by atoms with Gasteiger partial charge in [-0.25, -0.2) is 4.98 Å². The molecule has 0 aliphatic heterocycles. The average Bonchev–Trinajstić information content (AvgIpc) is 2.46. The minimum absolute atomic E-state index is 0.212. The number of ether oxygens (including phenoxy) is 1. The Balaban J connectivity index is 2.33. The molecule has 0 atom stereocenters. The van der Waals surface area contributed by atoms with E-state index in [9.17, 15) is 4.79 Å². The minimum Gasteiger partial charge on any atom is -0.465 e. The number of pyridine rings is 1. The Morgan fingerprint density at radius 3 is 2.80 bits per heavy atom. The van der Waals surface area contributed by atoms with Crippen LogP contribution >= 0.6 is 0 Å². The van der Waals surface area contributed by atoms with Crippen LogP contribution in [0.15, 0.2) is 36.5 Å². The van der Waals surface area contributed by atoms with Gasteiger partial charge < -0.3 is 9.64 Å². The number of hydrogen-bond acceptors (Lipinski definition) is 4. The standard InChI is InChI=1S/C16H20N2O2/c1-3-11-18(12-15(19)20-4-2)16-14-8-6-5-7-13(14)9-10-17-16/h5-10H,3-4,11-12H2,1-2H3. The first-order chi connectivity index (χ1) is 9.76. The van der Waals surface area contributed by atoms with E-state index in [1.165, 1.54) is 0 Å². The molecule has 0 aliphatic rings. The normalized spacial score (nSPS) is 10.5. The van der Waals surface area contributed by atoms with E-state index >= 15 is 0 Å². The quantitative estimate of drug-likeness (QED) is 0.758. The summed E-state index contributed by atoms with van der Waals surface area (Å²) in [5, 5.41) is 2.19. The van der Waals surface area contributed by atoms with Crippen LogP contribution in [0.5, 0.6) is 0 Å². The molecule has 0 fully saturated rings. The number of aromatic nitrogens is 1. The van der Waals surface area contributed by atoms with Gasteiger partial charge in [0.05, 0.1) is 6.61 Å². The number of carbonyl (C=O) groups excluding carboxylic acids is 1. The highest BCUT2D eigenvalue weighted by molar-refractivity contribution is 5.93. The molecule has 2 aromatic rings. The zero-order valence-corrected chi connectivity index (χ0v) is 12.0. The molecule has 106 valence electrons. The second-order valence-corrected chi connectivity index (χ2v) is 4.58. The predicted octanol–water partition coefficient (Wildman–Crippen LogP) is 3.01. The molecule has 1 aromatic carbocycles.